The normalized spacial score (nSPS) is 11.1. The fraction of sp³-hybridized carbons (Fsp3) is 0.150. The molecule has 1 aromatic heterocycles. The number of nitrogens with one attached hydrogen (secondary N) is 2. The second-order valence-electron chi connectivity index (χ2n) is 5.96. The van der Waals surface area contributed by atoms with Crippen LogP contribution in [0.3, 0.4) is 0 Å². The lowest BCUT2D eigenvalue weighted by atomic mass is 10.1. The van der Waals surface area contributed by atoms with Gasteiger partial charge in [-0.25, -0.2) is 0 Å². The number of anilines is 2. The average molecular weight is 386 g/mol. The highest BCUT2D eigenvalue weighted by molar-refractivity contribution is 6.03. The van der Waals surface area contributed by atoms with Gasteiger partial charge in [0.15, 0.2) is 5.69 Å². The number of hydrogen-bond acceptors (Lipinski definition) is 4. The monoisotopic (exact) mass is 386 g/mol. The number of amides is 1. The van der Waals surface area contributed by atoms with E-state index in [0.717, 1.165) is 12.5 Å². The van der Waals surface area contributed by atoms with Crippen LogP contribution in [0, 0.1) is 0 Å². The lowest BCUT2D eigenvalue weighted by Crippen LogP contribution is -2.18. The Labute approximate surface area is 159 Å². The molecule has 3 aromatic rings. The van der Waals surface area contributed by atoms with Gasteiger partial charge in [-0.05, 0) is 36.2 Å². The van der Waals surface area contributed by atoms with Crippen molar-refractivity contribution in [1.82, 2.24) is 10.2 Å². The third-order valence-corrected chi connectivity index (χ3v) is 3.94. The van der Waals surface area contributed by atoms with E-state index in [1.807, 2.05) is 30.3 Å². The summed E-state index contributed by atoms with van der Waals surface area (Å²) in [6.07, 6.45) is -3.78. The molecule has 8 heteroatoms. The van der Waals surface area contributed by atoms with E-state index in [-0.39, 0.29) is 11.4 Å². The fourth-order valence-corrected chi connectivity index (χ4v) is 2.55. The molecule has 0 aliphatic carbocycles. The maximum atomic E-state index is 13.0. The first-order valence-electron chi connectivity index (χ1n) is 8.52. The third kappa shape index (κ3) is 5.06. The summed E-state index contributed by atoms with van der Waals surface area (Å²) in [7, 11) is 0. The van der Waals surface area contributed by atoms with E-state index in [9.17, 15) is 18.0 Å². The van der Waals surface area contributed by atoms with Crippen LogP contribution in [-0.4, -0.2) is 22.6 Å². The molecule has 0 aliphatic rings. The van der Waals surface area contributed by atoms with Gasteiger partial charge in [-0.3, -0.25) is 4.79 Å². The number of carbonyl (C=O) groups is 1. The van der Waals surface area contributed by atoms with Crippen LogP contribution in [0.4, 0.5) is 24.7 Å². The van der Waals surface area contributed by atoms with Crippen molar-refractivity contribution in [2.75, 3.05) is 17.2 Å². The molecule has 0 bridgehead atoms. The second-order valence-corrected chi connectivity index (χ2v) is 5.96. The number of alkyl halides is 3. The fourth-order valence-electron chi connectivity index (χ4n) is 2.55. The lowest BCUT2D eigenvalue weighted by molar-refractivity contribution is -0.136. The van der Waals surface area contributed by atoms with Crippen LogP contribution in [-0.2, 0) is 12.6 Å². The Balaban J connectivity index is 1.60. The number of nitrogens with zero attached hydrogens (tertiary/aromatic N) is 2. The number of halogens is 3. The summed E-state index contributed by atoms with van der Waals surface area (Å²) in [5.74, 6) is -0.289. The third-order valence-electron chi connectivity index (χ3n) is 3.94. The Morgan fingerprint density at radius 1 is 0.893 bits per heavy atom. The van der Waals surface area contributed by atoms with Crippen molar-refractivity contribution in [3.8, 4) is 0 Å². The maximum absolute atomic E-state index is 13.0. The molecule has 144 valence electrons. The Morgan fingerprint density at radius 3 is 2.29 bits per heavy atom. The zero-order chi connectivity index (χ0) is 20.0. The Hall–Kier alpha value is -3.42. The van der Waals surface area contributed by atoms with Crippen LogP contribution >= 0.6 is 0 Å². The van der Waals surface area contributed by atoms with Gasteiger partial charge in [0.05, 0.1) is 11.3 Å². The summed E-state index contributed by atoms with van der Waals surface area (Å²) >= 11 is 0. The second kappa shape index (κ2) is 8.51. The molecule has 0 saturated heterocycles. The van der Waals surface area contributed by atoms with Crippen molar-refractivity contribution in [2.24, 2.45) is 0 Å². The smallest absolute Gasteiger partial charge is 0.368 e. The van der Waals surface area contributed by atoms with E-state index in [1.165, 1.54) is 29.8 Å². The van der Waals surface area contributed by atoms with Crippen molar-refractivity contribution in [2.45, 2.75) is 12.6 Å². The predicted octanol–water partition coefficient (Wildman–Crippen LogP) is 4.40. The van der Waals surface area contributed by atoms with Crippen LogP contribution in [0.25, 0.3) is 0 Å². The van der Waals surface area contributed by atoms with Crippen molar-refractivity contribution >= 4 is 17.4 Å². The highest BCUT2D eigenvalue weighted by Crippen LogP contribution is 2.34. The molecule has 1 amide bonds. The van der Waals surface area contributed by atoms with Gasteiger partial charge in [0, 0.05) is 6.54 Å². The first kappa shape index (κ1) is 19.3. The maximum Gasteiger partial charge on any atom is 0.418 e. The summed E-state index contributed by atoms with van der Waals surface area (Å²) < 4.78 is 39.0. The van der Waals surface area contributed by atoms with Crippen molar-refractivity contribution in [3.63, 3.8) is 0 Å². The molecule has 28 heavy (non-hydrogen) atoms. The molecule has 5 nitrogen and oxygen atoms in total. The number of carbonyl (C=O) groups excluding carboxylic acids is 1. The van der Waals surface area contributed by atoms with Crippen LogP contribution in [0.1, 0.15) is 21.6 Å². The largest absolute Gasteiger partial charge is 0.418 e. The van der Waals surface area contributed by atoms with Crippen LogP contribution < -0.4 is 10.6 Å². The standard InChI is InChI=1S/C20H17F3N4O/c21-20(22,23)15-8-4-5-9-16(15)25-19(28)17-10-11-18(27-26-17)24-13-12-14-6-2-1-3-7-14/h1-11H,12-13H2,(H,24,27)(H,25,28). The number of aromatic nitrogens is 2. The Morgan fingerprint density at radius 2 is 1.61 bits per heavy atom. The van der Waals surface area contributed by atoms with Crippen molar-refractivity contribution in [3.05, 3.63) is 83.6 Å². The molecule has 0 unspecified atom stereocenters. The predicted molar refractivity (Wildman–Crippen MR) is 100 cm³/mol. The van der Waals surface area contributed by atoms with Crippen molar-refractivity contribution < 1.29 is 18.0 Å². The summed E-state index contributed by atoms with van der Waals surface area (Å²) in [4.78, 5) is 12.2. The Kier molecular flexibility index (Phi) is 5.88. The van der Waals surface area contributed by atoms with Crippen LogP contribution in [0.15, 0.2) is 66.7 Å². The molecule has 3 rings (SSSR count). The molecule has 1 heterocycles. The van der Waals surface area contributed by atoms with Gasteiger partial charge in [-0.1, -0.05) is 42.5 Å². The van der Waals surface area contributed by atoms with Crippen LogP contribution in [0.2, 0.25) is 0 Å². The topological polar surface area (TPSA) is 66.9 Å². The molecule has 2 N–H and O–H groups in total. The molecule has 0 atom stereocenters. The van der Waals surface area contributed by atoms with Gasteiger partial charge in [-0.2, -0.15) is 13.2 Å². The lowest BCUT2D eigenvalue weighted by Gasteiger charge is -2.13. The average Bonchev–Trinajstić information content (AvgIpc) is 2.69. The molecule has 0 spiro atoms. The van der Waals surface area contributed by atoms with Gasteiger partial charge < -0.3 is 10.6 Å². The van der Waals surface area contributed by atoms with Crippen LogP contribution in [0.5, 0.6) is 0 Å². The van der Waals surface area contributed by atoms with E-state index in [0.29, 0.717) is 12.4 Å². The SMILES string of the molecule is O=C(Nc1ccccc1C(F)(F)F)c1ccc(NCCc2ccccc2)nn1. The summed E-state index contributed by atoms with van der Waals surface area (Å²) in [6.45, 7) is 0.628. The summed E-state index contributed by atoms with van der Waals surface area (Å²) in [5.41, 5.74) is -0.157. The Bertz CT molecular complexity index is 928. The zero-order valence-corrected chi connectivity index (χ0v) is 14.7. The summed E-state index contributed by atoms with van der Waals surface area (Å²) in [6, 6.07) is 17.6. The highest BCUT2D eigenvalue weighted by atomic mass is 19.4. The van der Waals surface area contributed by atoms with Gasteiger partial charge in [-0.15, -0.1) is 10.2 Å². The molecular formula is C20H17F3N4O. The minimum Gasteiger partial charge on any atom is -0.368 e. The number of rotatable bonds is 6. The van der Waals surface area contributed by atoms with E-state index in [1.54, 1.807) is 6.07 Å². The first-order valence-corrected chi connectivity index (χ1v) is 8.52. The molecular weight excluding hydrogens is 369 g/mol. The number of benzene rings is 2. The number of hydrogen-bond donors (Lipinski definition) is 2. The van der Waals surface area contributed by atoms with E-state index in [2.05, 4.69) is 20.8 Å². The number of para-hydroxylation sites is 1. The minimum atomic E-state index is -4.57. The molecule has 0 radical (unpaired) electrons. The zero-order valence-electron chi connectivity index (χ0n) is 14.7. The molecule has 2 aromatic carbocycles. The van der Waals surface area contributed by atoms with Gasteiger partial charge in [0.25, 0.3) is 5.91 Å². The van der Waals surface area contributed by atoms with Gasteiger partial charge >= 0.3 is 6.18 Å². The van der Waals surface area contributed by atoms with Gasteiger partial charge in [0.1, 0.15) is 5.82 Å². The summed E-state index contributed by atoms with van der Waals surface area (Å²) in [5, 5.41) is 13.0. The van der Waals surface area contributed by atoms with Gasteiger partial charge in [0.2, 0.25) is 0 Å². The van der Waals surface area contributed by atoms with E-state index < -0.39 is 17.6 Å². The quantitative estimate of drug-likeness (QED) is 0.659. The van der Waals surface area contributed by atoms with Crippen molar-refractivity contribution in [1.29, 1.82) is 0 Å². The highest BCUT2D eigenvalue weighted by Gasteiger charge is 2.33. The first-order chi connectivity index (χ1) is 13.4. The molecule has 0 aliphatic heterocycles. The molecule has 0 saturated carbocycles. The molecule has 0 fully saturated rings. The van der Waals surface area contributed by atoms with E-state index in [4.69, 9.17) is 0 Å². The van der Waals surface area contributed by atoms with E-state index >= 15 is 0 Å². The minimum absolute atomic E-state index is 0.0782.